The molecular formula is C14H14BrNO2. The maximum absolute atomic E-state index is 11.8. The van der Waals surface area contributed by atoms with Gasteiger partial charge < -0.3 is 10.8 Å². The highest BCUT2D eigenvalue weighted by atomic mass is 79.9. The molecule has 0 saturated carbocycles. The molecule has 0 radical (unpaired) electrons. The lowest BCUT2D eigenvalue weighted by atomic mass is 10.1. The number of hydrogen-bond donors (Lipinski definition) is 1. The molecule has 4 heteroatoms. The molecule has 0 spiro atoms. The van der Waals surface area contributed by atoms with Gasteiger partial charge in [-0.25, -0.2) is 0 Å². The van der Waals surface area contributed by atoms with Crippen molar-refractivity contribution in [1.29, 1.82) is 0 Å². The Balaban J connectivity index is 0.00000162. The van der Waals surface area contributed by atoms with Gasteiger partial charge in [-0.05, 0) is 23.8 Å². The maximum Gasteiger partial charge on any atom is 0.228 e. The van der Waals surface area contributed by atoms with Crippen LogP contribution in [-0.4, -0.2) is 11.4 Å². The third-order valence-corrected chi connectivity index (χ3v) is 3.14. The zero-order valence-corrected chi connectivity index (χ0v) is 11.3. The lowest BCUT2D eigenvalue weighted by molar-refractivity contribution is -0.115. The number of halogens is 1. The first-order chi connectivity index (χ1) is 8.25. The first-order valence-corrected chi connectivity index (χ1v) is 6.13. The molecule has 0 aliphatic rings. The monoisotopic (exact) mass is 307 g/mol. The van der Waals surface area contributed by atoms with Gasteiger partial charge in [0.15, 0.2) is 0 Å². The summed E-state index contributed by atoms with van der Waals surface area (Å²) >= 11 is 3.43. The van der Waals surface area contributed by atoms with Crippen LogP contribution in [0.4, 0.5) is 5.69 Å². The minimum Gasteiger partial charge on any atom is -0.412 e. The average molecular weight is 308 g/mol. The number of amides is 1. The van der Waals surface area contributed by atoms with Crippen molar-refractivity contribution in [1.82, 2.24) is 0 Å². The molecule has 0 heterocycles. The first-order valence-electron chi connectivity index (χ1n) is 5.34. The zero-order valence-electron chi connectivity index (χ0n) is 9.69. The molecule has 3 N–H and O–H groups in total. The van der Waals surface area contributed by atoms with Crippen LogP contribution >= 0.6 is 15.9 Å². The molecule has 2 rings (SSSR count). The Morgan fingerprint density at radius 3 is 2.28 bits per heavy atom. The summed E-state index contributed by atoms with van der Waals surface area (Å²) in [4.78, 5) is 11.8. The number of hydrogen-bond acceptors (Lipinski definition) is 1. The van der Waals surface area contributed by atoms with Gasteiger partial charge in [-0.15, -0.1) is 0 Å². The molecule has 0 aliphatic heterocycles. The molecular weight excluding hydrogens is 294 g/mol. The minimum absolute atomic E-state index is 0. The summed E-state index contributed by atoms with van der Waals surface area (Å²) in [6, 6.07) is 17.2. The van der Waals surface area contributed by atoms with Crippen LogP contribution in [0.3, 0.4) is 0 Å². The molecule has 0 saturated heterocycles. The Bertz CT molecular complexity index is 514. The van der Waals surface area contributed by atoms with Crippen molar-refractivity contribution in [2.24, 2.45) is 0 Å². The van der Waals surface area contributed by atoms with E-state index in [4.69, 9.17) is 0 Å². The summed E-state index contributed by atoms with van der Waals surface area (Å²) in [6.07, 6.45) is 0.371. The summed E-state index contributed by atoms with van der Waals surface area (Å²) in [6.45, 7) is 0. The molecule has 0 bridgehead atoms. The van der Waals surface area contributed by atoms with Gasteiger partial charge in [0.25, 0.3) is 0 Å². The topological polar surface area (TPSA) is 60.6 Å². The van der Waals surface area contributed by atoms with E-state index in [1.165, 1.54) is 0 Å². The maximum atomic E-state index is 11.8. The lowest BCUT2D eigenvalue weighted by Gasteiger charge is -2.06. The van der Waals surface area contributed by atoms with E-state index in [9.17, 15) is 4.79 Å². The highest BCUT2D eigenvalue weighted by Crippen LogP contribution is 2.17. The molecule has 0 aliphatic carbocycles. The second-order valence-electron chi connectivity index (χ2n) is 3.68. The second-order valence-corrected chi connectivity index (χ2v) is 4.54. The molecule has 2 aromatic rings. The normalized spacial score (nSPS) is 9.39. The fourth-order valence-electron chi connectivity index (χ4n) is 1.54. The van der Waals surface area contributed by atoms with E-state index in [1.807, 2.05) is 54.6 Å². The van der Waals surface area contributed by atoms with E-state index in [2.05, 4.69) is 21.2 Å². The standard InChI is InChI=1S/C14H12BrNO.H2O/c15-13-9-5-4-6-11(13)10-14(17)16-12-7-2-1-3-8-12;/h1-9H,10H2,(H,16,17);1H2. The van der Waals surface area contributed by atoms with E-state index in [1.54, 1.807) is 0 Å². The van der Waals surface area contributed by atoms with Crippen LogP contribution in [-0.2, 0) is 11.2 Å². The quantitative estimate of drug-likeness (QED) is 0.931. The van der Waals surface area contributed by atoms with Gasteiger partial charge in [0, 0.05) is 10.2 Å². The Morgan fingerprint density at radius 1 is 1.00 bits per heavy atom. The number of benzene rings is 2. The number of rotatable bonds is 3. The van der Waals surface area contributed by atoms with Crippen molar-refractivity contribution < 1.29 is 10.3 Å². The van der Waals surface area contributed by atoms with Crippen molar-refractivity contribution in [2.75, 3.05) is 5.32 Å². The third kappa shape index (κ3) is 3.98. The first kappa shape index (κ1) is 14.4. The average Bonchev–Trinajstić information content (AvgIpc) is 2.33. The smallest absolute Gasteiger partial charge is 0.228 e. The van der Waals surface area contributed by atoms with Gasteiger partial charge in [-0.3, -0.25) is 4.79 Å². The van der Waals surface area contributed by atoms with Gasteiger partial charge in [-0.2, -0.15) is 0 Å². The van der Waals surface area contributed by atoms with Gasteiger partial charge >= 0.3 is 0 Å². The van der Waals surface area contributed by atoms with E-state index >= 15 is 0 Å². The summed E-state index contributed by atoms with van der Waals surface area (Å²) < 4.78 is 0.961. The van der Waals surface area contributed by atoms with Gasteiger partial charge in [0.2, 0.25) is 5.91 Å². The summed E-state index contributed by atoms with van der Waals surface area (Å²) in [7, 11) is 0. The molecule has 1 amide bonds. The number of carbonyl (C=O) groups is 1. The SMILES string of the molecule is O.O=C(Cc1ccccc1Br)Nc1ccccc1. The van der Waals surface area contributed by atoms with Crippen molar-refractivity contribution in [2.45, 2.75) is 6.42 Å². The Kier molecular flexibility index (Phi) is 5.55. The van der Waals surface area contributed by atoms with Crippen molar-refractivity contribution in [3.8, 4) is 0 Å². The summed E-state index contributed by atoms with van der Waals surface area (Å²) in [5, 5.41) is 2.86. The number of para-hydroxylation sites is 1. The fraction of sp³-hybridized carbons (Fsp3) is 0.0714. The summed E-state index contributed by atoms with van der Waals surface area (Å²) in [5.74, 6) is -0.0110. The van der Waals surface area contributed by atoms with Crippen LogP contribution in [0.2, 0.25) is 0 Å². The summed E-state index contributed by atoms with van der Waals surface area (Å²) in [5.41, 5.74) is 1.81. The molecule has 18 heavy (non-hydrogen) atoms. The van der Waals surface area contributed by atoms with E-state index in [-0.39, 0.29) is 11.4 Å². The van der Waals surface area contributed by atoms with Crippen molar-refractivity contribution in [3.05, 3.63) is 64.6 Å². The molecule has 94 valence electrons. The van der Waals surface area contributed by atoms with Gasteiger partial charge in [-0.1, -0.05) is 52.3 Å². The van der Waals surface area contributed by atoms with E-state index in [0.29, 0.717) is 6.42 Å². The largest absolute Gasteiger partial charge is 0.412 e. The fourth-order valence-corrected chi connectivity index (χ4v) is 1.97. The van der Waals surface area contributed by atoms with Gasteiger partial charge in [0.05, 0.1) is 6.42 Å². The Hall–Kier alpha value is -1.65. The Labute approximate surface area is 114 Å². The molecule has 0 aromatic heterocycles. The van der Waals surface area contributed by atoms with Crippen LogP contribution in [0, 0.1) is 0 Å². The highest BCUT2D eigenvalue weighted by Gasteiger charge is 2.06. The minimum atomic E-state index is -0.0110. The van der Waals surface area contributed by atoms with E-state index in [0.717, 1.165) is 15.7 Å². The number of carbonyl (C=O) groups excluding carboxylic acids is 1. The van der Waals surface area contributed by atoms with Crippen LogP contribution in [0.15, 0.2) is 59.1 Å². The van der Waals surface area contributed by atoms with Crippen LogP contribution in [0.25, 0.3) is 0 Å². The predicted molar refractivity (Wildman–Crippen MR) is 76.5 cm³/mol. The van der Waals surface area contributed by atoms with Gasteiger partial charge in [0.1, 0.15) is 0 Å². The third-order valence-electron chi connectivity index (χ3n) is 2.37. The second kappa shape index (κ2) is 6.93. The molecule has 0 fully saturated rings. The molecule has 0 atom stereocenters. The van der Waals surface area contributed by atoms with Crippen LogP contribution < -0.4 is 5.32 Å². The molecule has 0 unspecified atom stereocenters. The number of nitrogens with one attached hydrogen (secondary N) is 1. The molecule has 2 aromatic carbocycles. The zero-order chi connectivity index (χ0) is 12.1. The van der Waals surface area contributed by atoms with Crippen LogP contribution in [0.5, 0.6) is 0 Å². The number of anilines is 1. The van der Waals surface area contributed by atoms with Crippen molar-refractivity contribution >= 4 is 27.5 Å². The highest BCUT2D eigenvalue weighted by molar-refractivity contribution is 9.10. The van der Waals surface area contributed by atoms with E-state index < -0.39 is 0 Å². The van der Waals surface area contributed by atoms with Crippen molar-refractivity contribution in [3.63, 3.8) is 0 Å². The Morgan fingerprint density at radius 2 is 1.61 bits per heavy atom. The predicted octanol–water partition coefficient (Wildman–Crippen LogP) is 2.81. The molecule has 3 nitrogen and oxygen atoms in total. The van der Waals surface area contributed by atoms with Crippen LogP contribution in [0.1, 0.15) is 5.56 Å². The lowest BCUT2D eigenvalue weighted by Crippen LogP contribution is -2.14.